The van der Waals surface area contributed by atoms with Gasteiger partial charge in [-0.1, -0.05) is 28.1 Å². The second-order valence-corrected chi connectivity index (χ2v) is 7.84. The molecule has 1 aromatic carbocycles. The van der Waals surface area contributed by atoms with E-state index in [0.29, 0.717) is 17.0 Å². The van der Waals surface area contributed by atoms with Crippen LogP contribution in [0.3, 0.4) is 0 Å². The van der Waals surface area contributed by atoms with Crippen LogP contribution in [0, 0.1) is 6.92 Å². The molecule has 0 bridgehead atoms. The van der Waals surface area contributed by atoms with Crippen LogP contribution in [0.25, 0.3) is 0 Å². The molecule has 0 radical (unpaired) electrons. The van der Waals surface area contributed by atoms with Gasteiger partial charge < -0.3 is 15.0 Å². The first-order valence-electron chi connectivity index (χ1n) is 7.76. The molecule has 26 heavy (non-hydrogen) atoms. The molecule has 2 aromatic rings. The van der Waals surface area contributed by atoms with Crippen LogP contribution >= 0.6 is 27.3 Å². The number of benzene rings is 1. The van der Waals surface area contributed by atoms with E-state index >= 15 is 0 Å². The molecule has 1 N–H and O–H groups in total. The first kappa shape index (κ1) is 18.8. The van der Waals surface area contributed by atoms with Crippen LogP contribution in [-0.2, 0) is 4.79 Å². The summed E-state index contributed by atoms with van der Waals surface area (Å²) < 4.78 is 30.6. The van der Waals surface area contributed by atoms with Crippen molar-refractivity contribution in [3.05, 3.63) is 50.1 Å². The van der Waals surface area contributed by atoms with Crippen molar-refractivity contribution in [3.8, 4) is 5.75 Å². The zero-order valence-corrected chi connectivity index (χ0v) is 16.1. The number of ether oxygens (including phenoxy) is 1. The second-order valence-electron chi connectivity index (χ2n) is 5.67. The molecule has 1 saturated heterocycles. The maximum atomic E-state index is 13.0. The minimum absolute atomic E-state index is 0.0691. The maximum absolute atomic E-state index is 13.0. The molecule has 2 heterocycles. The summed E-state index contributed by atoms with van der Waals surface area (Å²) in [6.45, 7) is -0.749. The average Bonchev–Trinajstić information content (AvgIpc) is 2.94. The van der Waals surface area contributed by atoms with E-state index in [2.05, 4.69) is 26.0 Å². The van der Waals surface area contributed by atoms with Gasteiger partial charge in [-0.25, -0.2) is 0 Å². The molecule has 0 saturated carbocycles. The Hall–Kier alpha value is -2.00. The summed E-state index contributed by atoms with van der Waals surface area (Å²) in [5, 5.41) is 2.74. The zero-order valence-electron chi connectivity index (χ0n) is 13.7. The van der Waals surface area contributed by atoms with E-state index in [4.69, 9.17) is 0 Å². The van der Waals surface area contributed by atoms with Crippen LogP contribution in [-0.4, -0.2) is 36.4 Å². The Morgan fingerprint density at radius 3 is 2.73 bits per heavy atom. The van der Waals surface area contributed by atoms with Crippen LogP contribution in [0.15, 0.2) is 34.8 Å². The zero-order chi connectivity index (χ0) is 18.8. The fourth-order valence-corrected chi connectivity index (χ4v) is 3.98. The lowest BCUT2D eigenvalue weighted by Crippen LogP contribution is -2.52. The monoisotopic (exact) mass is 444 g/mol. The summed E-state index contributed by atoms with van der Waals surface area (Å²) in [5.41, 5.74) is 0.642. The van der Waals surface area contributed by atoms with Gasteiger partial charge in [0.05, 0.1) is 0 Å². The van der Waals surface area contributed by atoms with Crippen LogP contribution in [0.2, 0.25) is 0 Å². The Morgan fingerprint density at radius 1 is 1.38 bits per heavy atom. The maximum Gasteiger partial charge on any atom is 0.387 e. The van der Waals surface area contributed by atoms with Crippen LogP contribution < -0.4 is 10.1 Å². The van der Waals surface area contributed by atoms with Crippen LogP contribution in [0.1, 0.15) is 26.2 Å². The minimum atomic E-state index is -3.03. The number of carbonyl (C=O) groups is 2. The van der Waals surface area contributed by atoms with Crippen LogP contribution in [0.4, 0.5) is 8.78 Å². The molecule has 1 aliphatic rings. The SMILES string of the molecule is Cc1cc(OC(F)F)c(C(=O)N2CCNC(=O)C2c2ccc(Br)cc2)s1. The van der Waals surface area contributed by atoms with Gasteiger partial charge in [0.1, 0.15) is 16.7 Å². The number of carbonyl (C=O) groups excluding carboxylic acids is 2. The average molecular weight is 445 g/mol. The highest BCUT2D eigenvalue weighted by molar-refractivity contribution is 9.10. The lowest BCUT2D eigenvalue weighted by atomic mass is 10.0. The summed E-state index contributed by atoms with van der Waals surface area (Å²) in [7, 11) is 0. The van der Waals surface area contributed by atoms with Crippen molar-refractivity contribution in [2.24, 2.45) is 0 Å². The van der Waals surface area contributed by atoms with Gasteiger partial charge in [0.2, 0.25) is 5.91 Å². The molecule has 138 valence electrons. The number of aryl methyl sites for hydroxylation is 1. The standard InChI is InChI=1S/C17H15BrF2N2O3S/c1-9-8-12(25-17(19)20)14(26-9)16(24)22-7-6-21-15(23)13(22)10-2-4-11(18)5-3-10/h2-5,8,13,17H,6-7H2,1H3,(H,21,23). The van der Waals surface area contributed by atoms with Gasteiger partial charge in [-0.15, -0.1) is 11.3 Å². The third kappa shape index (κ3) is 3.88. The number of nitrogens with zero attached hydrogens (tertiary/aromatic N) is 1. The predicted octanol–water partition coefficient (Wildman–Crippen LogP) is 3.73. The van der Waals surface area contributed by atoms with Crippen molar-refractivity contribution in [1.82, 2.24) is 10.2 Å². The lowest BCUT2D eigenvalue weighted by Gasteiger charge is -2.35. The fraction of sp³-hybridized carbons (Fsp3) is 0.294. The molecule has 0 spiro atoms. The Morgan fingerprint density at radius 2 is 2.08 bits per heavy atom. The van der Waals surface area contributed by atoms with Gasteiger partial charge in [0.25, 0.3) is 5.91 Å². The normalized spacial score (nSPS) is 17.3. The molecule has 3 rings (SSSR count). The summed E-state index contributed by atoms with van der Waals surface area (Å²) >= 11 is 4.40. The summed E-state index contributed by atoms with van der Waals surface area (Å²) in [5.74, 6) is -0.967. The van der Waals surface area contributed by atoms with Gasteiger partial charge >= 0.3 is 6.61 Å². The lowest BCUT2D eigenvalue weighted by molar-refractivity contribution is -0.128. The summed E-state index contributed by atoms with van der Waals surface area (Å²) in [6, 6.07) is 7.63. The number of alkyl halides is 2. The molecule has 0 aliphatic carbocycles. The third-order valence-electron chi connectivity index (χ3n) is 3.89. The summed E-state index contributed by atoms with van der Waals surface area (Å²) in [4.78, 5) is 27.6. The van der Waals surface area contributed by atoms with Gasteiger partial charge in [-0.3, -0.25) is 9.59 Å². The summed E-state index contributed by atoms with van der Waals surface area (Å²) in [6.07, 6.45) is 0. The Balaban J connectivity index is 1.96. The number of hydrogen-bond acceptors (Lipinski definition) is 4. The largest absolute Gasteiger partial charge is 0.433 e. The van der Waals surface area contributed by atoms with E-state index in [0.717, 1.165) is 15.8 Å². The smallest absolute Gasteiger partial charge is 0.387 e. The molecule has 5 nitrogen and oxygen atoms in total. The van der Waals surface area contributed by atoms with Crippen molar-refractivity contribution in [2.75, 3.05) is 13.1 Å². The van der Waals surface area contributed by atoms with Crippen molar-refractivity contribution < 1.29 is 23.1 Å². The number of nitrogens with one attached hydrogen (secondary N) is 1. The van der Waals surface area contributed by atoms with Crippen LogP contribution in [0.5, 0.6) is 5.75 Å². The first-order valence-corrected chi connectivity index (χ1v) is 9.37. The van der Waals surface area contributed by atoms with E-state index in [1.54, 1.807) is 31.2 Å². The topological polar surface area (TPSA) is 58.6 Å². The molecule has 1 fully saturated rings. The van der Waals surface area contributed by atoms with Crippen molar-refractivity contribution in [2.45, 2.75) is 19.6 Å². The molecule has 1 aromatic heterocycles. The number of rotatable bonds is 4. The Bertz CT molecular complexity index is 826. The molecular weight excluding hydrogens is 430 g/mol. The second kappa shape index (κ2) is 7.71. The van der Waals surface area contributed by atoms with E-state index in [1.165, 1.54) is 11.0 Å². The number of amides is 2. The molecule has 9 heteroatoms. The van der Waals surface area contributed by atoms with Gasteiger partial charge in [-0.05, 0) is 30.7 Å². The minimum Gasteiger partial charge on any atom is -0.433 e. The number of halogens is 3. The Kier molecular flexibility index (Phi) is 5.57. The number of hydrogen-bond donors (Lipinski definition) is 1. The molecule has 1 atom stereocenters. The quantitative estimate of drug-likeness (QED) is 0.781. The highest BCUT2D eigenvalue weighted by Gasteiger charge is 2.36. The molecule has 1 unspecified atom stereocenters. The van der Waals surface area contributed by atoms with E-state index < -0.39 is 18.6 Å². The van der Waals surface area contributed by atoms with Crippen molar-refractivity contribution in [1.29, 1.82) is 0 Å². The molecular formula is C17H15BrF2N2O3S. The van der Waals surface area contributed by atoms with E-state index in [1.807, 2.05) is 0 Å². The number of thiophene rings is 1. The molecule has 1 aliphatic heterocycles. The van der Waals surface area contributed by atoms with E-state index in [-0.39, 0.29) is 23.1 Å². The van der Waals surface area contributed by atoms with Gasteiger partial charge in [0, 0.05) is 22.4 Å². The first-order chi connectivity index (χ1) is 12.4. The van der Waals surface area contributed by atoms with Gasteiger partial charge in [-0.2, -0.15) is 8.78 Å². The van der Waals surface area contributed by atoms with Gasteiger partial charge in [0.15, 0.2) is 0 Å². The number of piperazine rings is 1. The highest BCUT2D eigenvalue weighted by atomic mass is 79.9. The van der Waals surface area contributed by atoms with Crippen molar-refractivity contribution in [3.63, 3.8) is 0 Å². The third-order valence-corrected chi connectivity index (χ3v) is 5.44. The molecule has 2 amide bonds. The predicted molar refractivity (Wildman–Crippen MR) is 96.6 cm³/mol. The Labute approximate surface area is 161 Å². The van der Waals surface area contributed by atoms with Crippen molar-refractivity contribution >= 4 is 39.1 Å². The van der Waals surface area contributed by atoms with E-state index in [9.17, 15) is 18.4 Å². The highest BCUT2D eigenvalue weighted by Crippen LogP contribution is 2.34. The fourth-order valence-electron chi connectivity index (χ4n) is 2.82.